The number of amides is 1. The predicted octanol–water partition coefficient (Wildman–Crippen LogP) is 1.91. The van der Waals surface area contributed by atoms with Crippen LogP contribution in [-0.2, 0) is 9.57 Å². The molecule has 1 heterocycles. The van der Waals surface area contributed by atoms with Crippen LogP contribution in [0.15, 0.2) is 0 Å². The van der Waals surface area contributed by atoms with Gasteiger partial charge in [-0.1, -0.05) is 0 Å². The number of ether oxygens (including phenoxy) is 1. The van der Waals surface area contributed by atoms with Gasteiger partial charge in [0.1, 0.15) is 5.60 Å². The Hall–Kier alpha value is -0.810. The van der Waals surface area contributed by atoms with Crippen LogP contribution in [0.1, 0.15) is 40.5 Å². The van der Waals surface area contributed by atoms with Gasteiger partial charge in [-0.15, -0.1) is 0 Å². The minimum absolute atomic E-state index is 0.0276. The fourth-order valence-electron chi connectivity index (χ4n) is 2.00. The Morgan fingerprint density at radius 1 is 1.47 bits per heavy atom. The number of likely N-dealkylation sites (tertiary alicyclic amines) is 1. The van der Waals surface area contributed by atoms with Gasteiger partial charge in [0.15, 0.2) is 0 Å². The maximum Gasteiger partial charge on any atom is 0.410 e. The summed E-state index contributed by atoms with van der Waals surface area (Å²) in [4.78, 5) is 18.5. The largest absolute Gasteiger partial charge is 0.444 e. The third-order valence-corrected chi connectivity index (χ3v) is 2.99. The quantitative estimate of drug-likeness (QED) is 0.754. The molecule has 17 heavy (non-hydrogen) atoms. The maximum atomic E-state index is 11.9. The van der Waals surface area contributed by atoms with Gasteiger partial charge in [0, 0.05) is 19.0 Å². The molecule has 0 aromatic rings. The molecule has 0 radical (unpaired) electrons. The minimum Gasteiger partial charge on any atom is -0.444 e. The van der Waals surface area contributed by atoms with Crippen molar-refractivity contribution in [2.75, 3.05) is 13.1 Å². The fourth-order valence-corrected chi connectivity index (χ4v) is 2.00. The van der Waals surface area contributed by atoms with Crippen LogP contribution in [0.3, 0.4) is 0 Å². The van der Waals surface area contributed by atoms with Crippen molar-refractivity contribution in [2.45, 2.75) is 52.2 Å². The van der Waals surface area contributed by atoms with Crippen LogP contribution in [-0.4, -0.2) is 35.8 Å². The Morgan fingerprint density at radius 3 is 2.65 bits per heavy atom. The summed E-state index contributed by atoms with van der Waals surface area (Å²) < 4.78 is 5.35. The molecule has 1 rings (SSSR count). The molecule has 1 fully saturated rings. The Morgan fingerprint density at radius 2 is 2.12 bits per heavy atom. The highest BCUT2D eigenvalue weighted by Crippen LogP contribution is 2.22. The zero-order valence-electron chi connectivity index (χ0n) is 11.2. The van der Waals surface area contributed by atoms with Crippen LogP contribution in [0.4, 0.5) is 4.79 Å². The van der Waals surface area contributed by atoms with E-state index in [0.29, 0.717) is 12.5 Å². The van der Waals surface area contributed by atoms with Crippen LogP contribution < -0.4 is 5.90 Å². The molecule has 2 unspecified atom stereocenters. The zero-order chi connectivity index (χ0) is 13.1. The summed E-state index contributed by atoms with van der Waals surface area (Å²) in [7, 11) is 0. The molecule has 0 saturated carbocycles. The normalized spacial score (nSPS) is 23.4. The van der Waals surface area contributed by atoms with E-state index in [2.05, 4.69) is 0 Å². The van der Waals surface area contributed by atoms with Gasteiger partial charge in [-0.05, 0) is 40.5 Å². The molecule has 2 atom stereocenters. The van der Waals surface area contributed by atoms with Gasteiger partial charge in [-0.2, -0.15) is 0 Å². The van der Waals surface area contributed by atoms with Gasteiger partial charge in [-0.25, -0.2) is 10.7 Å². The van der Waals surface area contributed by atoms with Gasteiger partial charge in [0.25, 0.3) is 0 Å². The first-order valence-corrected chi connectivity index (χ1v) is 6.17. The third kappa shape index (κ3) is 4.52. The second-order valence-corrected chi connectivity index (χ2v) is 5.67. The molecule has 2 N–H and O–H groups in total. The number of piperidine rings is 1. The first kappa shape index (κ1) is 14.3. The van der Waals surface area contributed by atoms with Crippen LogP contribution in [0.5, 0.6) is 0 Å². The molecule has 0 bridgehead atoms. The number of hydrogen-bond acceptors (Lipinski definition) is 4. The molecule has 1 amide bonds. The van der Waals surface area contributed by atoms with E-state index >= 15 is 0 Å². The maximum absolute atomic E-state index is 11.9. The first-order valence-electron chi connectivity index (χ1n) is 6.17. The lowest BCUT2D eigenvalue weighted by atomic mass is 9.94. The molecule has 5 heteroatoms. The lowest BCUT2D eigenvalue weighted by Gasteiger charge is -2.35. The van der Waals surface area contributed by atoms with Gasteiger partial charge < -0.3 is 14.5 Å². The predicted molar refractivity (Wildman–Crippen MR) is 65.3 cm³/mol. The SMILES string of the molecule is CC(ON)C1CCCN(C(=O)OC(C)(C)C)C1. The van der Waals surface area contributed by atoms with Crippen molar-refractivity contribution in [2.24, 2.45) is 11.8 Å². The van der Waals surface area contributed by atoms with Crippen molar-refractivity contribution < 1.29 is 14.4 Å². The van der Waals surface area contributed by atoms with E-state index in [-0.39, 0.29) is 12.2 Å². The number of nitrogens with two attached hydrogens (primary N) is 1. The molecule has 0 aromatic carbocycles. The molecule has 0 aliphatic carbocycles. The Labute approximate surface area is 103 Å². The zero-order valence-corrected chi connectivity index (χ0v) is 11.2. The summed E-state index contributed by atoms with van der Waals surface area (Å²) in [6.45, 7) is 8.97. The number of hydrogen-bond donors (Lipinski definition) is 1. The van der Waals surface area contributed by atoms with E-state index in [0.717, 1.165) is 19.4 Å². The standard InChI is InChI=1S/C12H24N2O3/c1-9(17-13)10-6-5-7-14(8-10)11(15)16-12(2,3)4/h9-10H,5-8,13H2,1-4H3. The van der Waals surface area contributed by atoms with Crippen LogP contribution in [0.25, 0.3) is 0 Å². The fraction of sp³-hybridized carbons (Fsp3) is 0.917. The lowest BCUT2D eigenvalue weighted by molar-refractivity contribution is -0.0175. The van der Waals surface area contributed by atoms with E-state index < -0.39 is 5.60 Å². The van der Waals surface area contributed by atoms with E-state index in [9.17, 15) is 4.79 Å². The van der Waals surface area contributed by atoms with Crippen molar-refractivity contribution in [3.63, 3.8) is 0 Å². The van der Waals surface area contributed by atoms with Gasteiger partial charge in [0.2, 0.25) is 0 Å². The van der Waals surface area contributed by atoms with Crippen LogP contribution >= 0.6 is 0 Å². The Balaban J connectivity index is 2.52. The number of carbonyl (C=O) groups excluding carboxylic acids is 1. The average Bonchev–Trinajstić information content (AvgIpc) is 2.26. The number of nitrogens with zero attached hydrogens (tertiary/aromatic N) is 1. The van der Waals surface area contributed by atoms with Gasteiger partial charge in [-0.3, -0.25) is 0 Å². The van der Waals surface area contributed by atoms with Gasteiger partial charge >= 0.3 is 6.09 Å². The van der Waals surface area contributed by atoms with Crippen molar-refractivity contribution in [3.8, 4) is 0 Å². The molecule has 0 aromatic heterocycles. The monoisotopic (exact) mass is 244 g/mol. The highest BCUT2D eigenvalue weighted by molar-refractivity contribution is 5.68. The first-order chi connectivity index (χ1) is 7.83. The summed E-state index contributed by atoms with van der Waals surface area (Å²) >= 11 is 0. The van der Waals surface area contributed by atoms with E-state index in [1.807, 2.05) is 27.7 Å². The number of rotatable bonds is 2. The summed E-state index contributed by atoms with van der Waals surface area (Å²) in [5.74, 6) is 5.48. The molecular formula is C12H24N2O3. The molecule has 0 spiro atoms. The lowest BCUT2D eigenvalue weighted by Crippen LogP contribution is -2.45. The van der Waals surface area contributed by atoms with Crippen LogP contribution in [0.2, 0.25) is 0 Å². The summed E-state index contributed by atoms with van der Waals surface area (Å²) in [5.41, 5.74) is -0.444. The minimum atomic E-state index is -0.444. The summed E-state index contributed by atoms with van der Waals surface area (Å²) in [6.07, 6.45) is 1.74. The second-order valence-electron chi connectivity index (χ2n) is 5.67. The highest BCUT2D eigenvalue weighted by atomic mass is 16.6. The molecule has 1 aliphatic rings. The van der Waals surface area contributed by atoms with Crippen LogP contribution in [0, 0.1) is 5.92 Å². The topological polar surface area (TPSA) is 64.8 Å². The summed E-state index contributed by atoms with van der Waals surface area (Å²) in [5, 5.41) is 0. The van der Waals surface area contributed by atoms with E-state index in [1.54, 1.807) is 4.90 Å². The molecule has 100 valence electrons. The second kappa shape index (κ2) is 5.69. The summed E-state index contributed by atoms with van der Waals surface area (Å²) in [6, 6.07) is 0. The number of carbonyl (C=O) groups is 1. The third-order valence-electron chi connectivity index (χ3n) is 2.99. The smallest absolute Gasteiger partial charge is 0.410 e. The molecule has 5 nitrogen and oxygen atoms in total. The van der Waals surface area contributed by atoms with Crippen molar-refractivity contribution >= 4 is 6.09 Å². The molecular weight excluding hydrogens is 220 g/mol. The average molecular weight is 244 g/mol. The van der Waals surface area contributed by atoms with Gasteiger partial charge in [0.05, 0.1) is 6.10 Å². The van der Waals surface area contributed by atoms with E-state index in [4.69, 9.17) is 15.5 Å². The van der Waals surface area contributed by atoms with Crippen molar-refractivity contribution in [3.05, 3.63) is 0 Å². The highest BCUT2D eigenvalue weighted by Gasteiger charge is 2.30. The van der Waals surface area contributed by atoms with Crippen molar-refractivity contribution in [1.82, 2.24) is 4.90 Å². The molecule has 1 saturated heterocycles. The van der Waals surface area contributed by atoms with E-state index in [1.165, 1.54) is 0 Å². The van der Waals surface area contributed by atoms with Crippen molar-refractivity contribution in [1.29, 1.82) is 0 Å². The Kier molecular flexibility index (Phi) is 4.77. The molecule has 1 aliphatic heterocycles. The Bertz CT molecular complexity index is 263.